The zero-order valence-electron chi connectivity index (χ0n) is 13.7. The number of ether oxygens (including phenoxy) is 1. The summed E-state index contributed by atoms with van der Waals surface area (Å²) in [4.78, 5) is 5.71. The van der Waals surface area contributed by atoms with E-state index in [4.69, 9.17) is 4.74 Å². The number of aromatic nitrogens is 3. The average molecular weight is 348 g/mol. The van der Waals surface area contributed by atoms with Gasteiger partial charge in [-0.1, -0.05) is 0 Å². The van der Waals surface area contributed by atoms with Crippen LogP contribution in [0.25, 0.3) is 0 Å². The van der Waals surface area contributed by atoms with E-state index < -0.39 is 0 Å². The zero-order valence-corrected chi connectivity index (χ0v) is 14.5. The summed E-state index contributed by atoms with van der Waals surface area (Å²) in [6.45, 7) is 1.25. The van der Waals surface area contributed by atoms with Crippen LogP contribution in [0.3, 0.4) is 0 Å². The van der Waals surface area contributed by atoms with Gasteiger partial charge in [0, 0.05) is 30.5 Å². The van der Waals surface area contributed by atoms with Crippen molar-refractivity contribution in [3.63, 3.8) is 0 Å². The van der Waals surface area contributed by atoms with Crippen LogP contribution in [0.5, 0.6) is 0 Å². The molecule has 7 heteroatoms. The van der Waals surface area contributed by atoms with Gasteiger partial charge >= 0.3 is 0 Å². The highest BCUT2D eigenvalue weighted by molar-refractivity contribution is 7.99. The van der Waals surface area contributed by atoms with Crippen LogP contribution in [0.4, 0.5) is 4.39 Å². The predicted octanol–water partition coefficient (Wildman–Crippen LogP) is 2.71. The predicted molar refractivity (Wildman–Crippen MR) is 90.5 cm³/mol. The van der Waals surface area contributed by atoms with Crippen molar-refractivity contribution in [1.82, 2.24) is 20.1 Å². The lowest BCUT2D eigenvalue weighted by atomic mass is 10.00. The third-order valence-corrected chi connectivity index (χ3v) is 5.75. The average Bonchev–Trinajstić information content (AvgIpc) is 2.97. The van der Waals surface area contributed by atoms with Crippen LogP contribution < -0.4 is 5.32 Å². The summed E-state index contributed by atoms with van der Waals surface area (Å²) in [7, 11) is 1.65. The summed E-state index contributed by atoms with van der Waals surface area (Å²) < 4.78 is 20.7. The van der Waals surface area contributed by atoms with E-state index in [9.17, 15) is 4.39 Å². The van der Waals surface area contributed by atoms with E-state index in [1.54, 1.807) is 19.2 Å². The van der Waals surface area contributed by atoms with E-state index in [1.165, 1.54) is 4.90 Å². The first kappa shape index (κ1) is 16.1. The molecule has 3 heterocycles. The molecule has 1 N–H and O–H groups in total. The normalized spacial score (nSPS) is 22.9. The molecule has 2 atom stereocenters. The molecule has 1 aromatic heterocycles. The van der Waals surface area contributed by atoms with Gasteiger partial charge in [-0.05, 0) is 42.4 Å². The van der Waals surface area contributed by atoms with Crippen molar-refractivity contribution >= 4 is 11.8 Å². The molecule has 2 aliphatic heterocycles. The third-order valence-electron chi connectivity index (χ3n) is 4.62. The molecule has 0 amide bonds. The molecule has 0 bridgehead atoms. The van der Waals surface area contributed by atoms with Crippen LogP contribution in [0.1, 0.15) is 36.1 Å². The Kier molecular flexibility index (Phi) is 4.56. The first-order chi connectivity index (χ1) is 11.7. The molecule has 0 radical (unpaired) electrons. The molecule has 0 fully saturated rings. The maximum Gasteiger partial charge on any atom is 0.176 e. The van der Waals surface area contributed by atoms with Gasteiger partial charge < -0.3 is 10.1 Å². The van der Waals surface area contributed by atoms with Crippen molar-refractivity contribution < 1.29 is 9.13 Å². The minimum absolute atomic E-state index is 0.158. The van der Waals surface area contributed by atoms with Gasteiger partial charge in [-0.3, -0.25) is 0 Å². The Balaban J connectivity index is 1.48. The number of nitrogens with zero attached hydrogens (tertiary/aromatic N) is 3. The van der Waals surface area contributed by atoms with Crippen LogP contribution in [-0.4, -0.2) is 33.7 Å². The molecule has 2 aromatic rings. The summed E-state index contributed by atoms with van der Waals surface area (Å²) in [6, 6.07) is 5.67. The molecule has 4 rings (SSSR count). The highest BCUT2D eigenvalue weighted by Gasteiger charge is 2.27. The Labute approximate surface area is 145 Å². The minimum Gasteiger partial charge on any atom is -0.377 e. The van der Waals surface area contributed by atoms with Crippen LogP contribution in [0.15, 0.2) is 23.1 Å². The second kappa shape index (κ2) is 6.82. The number of fused-ring (bicyclic) bond motifs is 2. The van der Waals surface area contributed by atoms with Crippen LogP contribution >= 0.6 is 11.8 Å². The quantitative estimate of drug-likeness (QED) is 0.921. The number of benzene rings is 1. The topological polar surface area (TPSA) is 52.0 Å². The lowest BCUT2D eigenvalue weighted by Gasteiger charge is -2.32. The number of nitrogens with one attached hydrogen (secondary N) is 1. The lowest BCUT2D eigenvalue weighted by Crippen LogP contribution is -2.40. The van der Waals surface area contributed by atoms with E-state index in [0.29, 0.717) is 12.6 Å². The van der Waals surface area contributed by atoms with Crippen LogP contribution in [-0.2, 0) is 24.3 Å². The zero-order chi connectivity index (χ0) is 16.5. The number of thioether (sulfide) groups is 1. The minimum atomic E-state index is -0.158. The molecule has 0 spiro atoms. The lowest BCUT2D eigenvalue weighted by molar-refractivity contribution is 0.177. The number of aryl methyl sites for hydroxylation is 1. The van der Waals surface area contributed by atoms with Crippen LogP contribution in [0, 0.1) is 5.82 Å². The van der Waals surface area contributed by atoms with Gasteiger partial charge in [0.15, 0.2) is 5.82 Å². The van der Waals surface area contributed by atoms with Gasteiger partial charge in [0.05, 0.1) is 6.54 Å². The Hall–Kier alpha value is -1.44. The highest BCUT2D eigenvalue weighted by atomic mass is 32.2. The molecule has 2 unspecified atom stereocenters. The number of halogens is 1. The monoisotopic (exact) mass is 348 g/mol. The van der Waals surface area contributed by atoms with Gasteiger partial charge in [0.2, 0.25) is 0 Å². The summed E-state index contributed by atoms with van der Waals surface area (Å²) in [6.07, 6.45) is 2.96. The summed E-state index contributed by atoms with van der Waals surface area (Å²) in [5.74, 6) is 2.69. The van der Waals surface area contributed by atoms with Gasteiger partial charge in [-0.25, -0.2) is 14.1 Å². The second-order valence-electron chi connectivity index (χ2n) is 6.33. The van der Waals surface area contributed by atoms with Crippen molar-refractivity contribution in [2.75, 3.05) is 12.9 Å². The fourth-order valence-corrected chi connectivity index (χ4v) is 4.62. The molecular formula is C17H21FN4OS. The van der Waals surface area contributed by atoms with Gasteiger partial charge in [0.1, 0.15) is 18.2 Å². The van der Waals surface area contributed by atoms with Crippen molar-refractivity contribution in [2.24, 2.45) is 0 Å². The number of hydrogen-bond donors (Lipinski definition) is 1. The van der Waals surface area contributed by atoms with E-state index in [1.807, 2.05) is 22.5 Å². The molecule has 128 valence electrons. The fourth-order valence-electron chi connectivity index (χ4n) is 3.51. The number of hydrogen-bond acceptors (Lipinski definition) is 5. The Morgan fingerprint density at radius 3 is 3.21 bits per heavy atom. The Bertz CT molecular complexity index is 735. The molecule has 5 nitrogen and oxygen atoms in total. The molecule has 2 aliphatic rings. The Morgan fingerprint density at radius 1 is 1.42 bits per heavy atom. The van der Waals surface area contributed by atoms with E-state index in [-0.39, 0.29) is 11.9 Å². The van der Waals surface area contributed by atoms with E-state index >= 15 is 0 Å². The Morgan fingerprint density at radius 2 is 2.33 bits per heavy atom. The molecular weight excluding hydrogens is 327 g/mol. The molecule has 0 saturated heterocycles. The fraction of sp³-hybridized carbons (Fsp3) is 0.529. The molecule has 0 saturated carbocycles. The molecule has 0 aliphatic carbocycles. The second-order valence-corrected chi connectivity index (χ2v) is 7.47. The molecule has 1 aromatic carbocycles. The third kappa shape index (κ3) is 3.20. The smallest absolute Gasteiger partial charge is 0.176 e. The van der Waals surface area contributed by atoms with Crippen molar-refractivity contribution in [3.8, 4) is 0 Å². The SMILES string of the molecule is COCc1nc2n(n1)CC(NC1CCSc3ccc(F)cc31)CC2. The van der Waals surface area contributed by atoms with Crippen molar-refractivity contribution in [3.05, 3.63) is 41.2 Å². The van der Waals surface area contributed by atoms with Crippen molar-refractivity contribution in [1.29, 1.82) is 0 Å². The van der Waals surface area contributed by atoms with Crippen molar-refractivity contribution in [2.45, 2.75) is 49.4 Å². The maximum absolute atomic E-state index is 13.6. The number of rotatable bonds is 4. The maximum atomic E-state index is 13.6. The van der Waals surface area contributed by atoms with E-state index in [0.717, 1.165) is 48.8 Å². The number of methoxy groups -OCH3 is 1. The van der Waals surface area contributed by atoms with E-state index in [2.05, 4.69) is 15.4 Å². The first-order valence-electron chi connectivity index (χ1n) is 8.33. The first-order valence-corrected chi connectivity index (χ1v) is 9.31. The van der Waals surface area contributed by atoms with Gasteiger partial charge in [0.25, 0.3) is 0 Å². The highest BCUT2D eigenvalue weighted by Crippen LogP contribution is 2.37. The molecule has 24 heavy (non-hydrogen) atoms. The largest absolute Gasteiger partial charge is 0.377 e. The van der Waals surface area contributed by atoms with Gasteiger partial charge in [-0.2, -0.15) is 5.10 Å². The van der Waals surface area contributed by atoms with Crippen LogP contribution in [0.2, 0.25) is 0 Å². The summed E-state index contributed by atoms with van der Waals surface area (Å²) in [5.41, 5.74) is 1.09. The van der Waals surface area contributed by atoms with Gasteiger partial charge in [-0.15, -0.1) is 11.8 Å². The standard InChI is InChI=1S/C17H21FN4OS/c1-23-10-16-20-17-5-3-12(9-22(17)21-16)19-14-6-7-24-15-4-2-11(18)8-13(14)15/h2,4,8,12,14,19H,3,5-7,9-10H2,1H3. The summed E-state index contributed by atoms with van der Waals surface area (Å²) in [5, 5.41) is 8.24. The summed E-state index contributed by atoms with van der Waals surface area (Å²) >= 11 is 1.81.